The molecule has 196 valence electrons. The van der Waals surface area contributed by atoms with E-state index in [9.17, 15) is 29.4 Å². The van der Waals surface area contributed by atoms with Crippen LogP contribution < -0.4 is 16.4 Å². The summed E-state index contributed by atoms with van der Waals surface area (Å²) in [7, 11) is 1.47. The van der Waals surface area contributed by atoms with Crippen LogP contribution in [0.2, 0.25) is 0 Å². The second-order valence-corrected chi connectivity index (χ2v) is 8.31. The lowest BCUT2D eigenvalue weighted by Crippen LogP contribution is -2.51. The molecule has 1 aromatic rings. The van der Waals surface area contributed by atoms with Gasteiger partial charge in [0, 0.05) is 57.0 Å². The number of carbonyl (C=O) groups is 4. The number of aliphatic hydroxyl groups excluding tert-OH is 2. The van der Waals surface area contributed by atoms with Crippen LogP contribution in [0.5, 0.6) is 0 Å². The van der Waals surface area contributed by atoms with Crippen LogP contribution in [0, 0.1) is 0 Å². The van der Waals surface area contributed by atoms with Gasteiger partial charge >= 0.3 is 0 Å². The smallest absolute Gasteiger partial charge is 0.253 e. The Morgan fingerprint density at radius 1 is 1.03 bits per heavy atom. The molecule has 11 heteroatoms. The lowest BCUT2D eigenvalue weighted by molar-refractivity contribution is -0.121. The average molecular weight is 495 g/mol. The second kappa shape index (κ2) is 15.1. The largest absolute Gasteiger partial charge is 0.388 e. The van der Waals surface area contributed by atoms with Gasteiger partial charge in [0.1, 0.15) is 6.10 Å². The first-order valence-corrected chi connectivity index (χ1v) is 11.7. The molecule has 3 unspecified atom stereocenters. The van der Waals surface area contributed by atoms with Gasteiger partial charge in [-0.1, -0.05) is 13.8 Å². The van der Waals surface area contributed by atoms with Crippen molar-refractivity contribution < 1.29 is 34.1 Å². The summed E-state index contributed by atoms with van der Waals surface area (Å²) >= 11 is 0. The number of hydrogen-bond acceptors (Lipinski definition) is 7. The Morgan fingerprint density at radius 3 is 2.11 bits per heavy atom. The van der Waals surface area contributed by atoms with Gasteiger partial charge in [0.05, 0.1) is 12.1 Å². The maximum Gasteiger partial charge on any atom is 0.253 e. The van der Waals surface area contributed by atoms with Crippen LogP contribution in [0.1, 0.15) is 71.1 Å². The predicted octanol–water partition coefficient (Wildman–Crippen LogP) is 0.0405. The van der Waals surface area contributed by atoms with Gasteiger partial charge in [-0.3, -0.25) is 19.2 Å². The topological polar surface area (TPSA) is 171 Å². The third-order valence-corrected chi connectivity index (χ3v) is 5.30. The summed E-state index contributed by atoms with van der Waals surface area (Å²) in [6.45, 7) is 6.12. The van der Waals surface area contributed by atoms with Gasteiger partial charge in [-0.05, 0) is 37.5 Å². The van der Waals surface area contributed by atoms with E-state index < -0.39 is 30.1 Å². The summed E-state index contributed by atoms with van der Waals surface area (Å²) in [5.41, 5.74) is 5.57. The Bertz CT molecular complexity index is 871. The highest BCUT2D eigenvalue weighted by Gasteiger charge is 2.27. The highest BCUT2D eigenvalue weighted by Crippen LogP contribution is 2.14. The first kappa shape index (κ1) is 30.0. The predicted molar refractivity (Wildman–Crippen MR) is 130 cm³/mol. The lowest BCUT2D eigenvalue weighted by Gasteiger charge is -2.27. The van der Waals surface area contributed by atoms with Crippen molar-refractivity contribution in [3.8, 4) is 0 Å². The number of methoxy groups -OCH3 is 1. The molecule has 1 rings (SSSR count). The minimum Gasteiger partial charge on any atom is -0.388 e. The Kier molecular flexibility index (Phi) is 12.9. The van der Waals surface area contributed by atoms with E-state index in [1.165, 1.54) is 32.2 Å². The van der Waals surface area contributed by atoms with E-state index in [0.29, 0.717) is 13.1 Å². The number of benzene rings is 1. The molecule has 35 heavy (non-hydrogen) atoms. The fourth-order valence-electron chi connectivity index (χ4n) is 3.58. The highest BCUT2D eigenvalue weighted by atomic mass is 16.5. The number of hydrogen-bond donors (Lipinski definition) is 5. The fraction of sp³-hybridized carbons (Fsp3) is 0.583. The van der Waals surface area contributed by atoms with Crippen LogP contribution >= 0.6 is 0 Å². The van der Waals surface area contributed by atoms with Crippen molar-refractivity contribution in [1.29, 1.82) is 0 Å². The average Bonchev–Trinajstić information content (AvgIpc) is 2.83. The molecule has 1 aromatic carbocycles. The van der Waals surface area contributed by atoms with Crippen molar-refractivity contribution in [3.63, 3.8) is 0 Å². The summed E-state index contributed by atoms with van der Waals surface area (Å²) < 4.78 is 4.97. The molecule has 0 aliphatic rings. The van der Waals surface area contributed by atoms with E-state index in [4.69, 9.17) is 10.5 Å². The maximum absolute atomic E-state index is 13.0. The van der Waals surface area contributed by atoms with Crippen LogP contribution in [0.3, 0.4) is 0 Å². The molecule has 6 N–H and O–H groups in total. The summed E-state index contributed by atoms with van der Waals surface area (Å²) in [6.07, 6.45) is -1.03. The first-order valence-electron chi connectivity index (χ1n) is 11.7. The quantitative estimate of drug-likeness (QED) is 0.229. The molecule has 0 spiro atoms. The molecular weight excluding hydrogens is 456 g/mol. The van der Waals surface area contributed by atoms with Crippen molar-refractivity contribution in [2.45, 2.75) is 58.3 Å². The van der Waals surface area contributed by atoms with Crippen molar-refractivity contribution >= 4 is 23.6 Å². The normalized spacial score (nSPS) is 13.4. The van der Waals surface area contributed by atoms with Crippen LogP contribution in [-0.4, -0.2) is 90.3 Å². The highest BCUT2D eigenvalue weighted by molar-refractivity contribution is 6.04. The lowest BCUT2D eigenvalue weighted by atomic mass is 10.0. The standard InChI is InChI=1S/C24H38N4O7/c1-5-8-28(9-6-2)24(34)18-12-16(22(25)32)11-17(13-18)23(33)26-14-20(30)21(31)19(7-10-35-4)27-15(3)29/h11-13,19-21,30-31H,5-10,14H2,1-4H3,(H2,25,32)(H,26,33)(H,27,29). The monoisotopic (exact) mass is 494 g/mol. The molecule has 0 saturated heterocycles. The minimum atomic E-state index is -1.40. The van der Waals surface area contributed by atoms with Crippen molar-refractivity contribution in [2.75, 3.05) is 33.4 Å². The number of nitrogens with zero attached hydrogens (tertiary/aromatic N) is 1. The number of aliphatic hydroxyl groups is 2. The van der Waals surface area contributed by atoms with Gasteiger partial charge in [-0.25, -0.2) is 0 Å². The zero-order valence-corrected chi connectivity index (χ0v) is 20.9. The van der Waals surface area contributed by atoms with Gasteiger partial charge in [-0.2, -0.15) is 0 Å². The van der Waals surface area contributed by atoms with Gasteiger partial charge in [0.2, 0.25) is 11.8 Å². The SMILES string of the molecule is CCCN(CCC)C(=O)c1cc(C(N)=O)cc(C(=O)NCC(O)C(O)C(CCOC)NC(C)=O)c1. The summed E-state index contributed by atoms with van der Waals surface area (Å²) in [4.78, 5) is 50.7. The number of ether oxygens (including phenoxy) is 1. The van der Waals surface area contributed by atoms with Crippen LogP contribution in [0.4, 0.5) is 0 Å². The molecule has 0 aromatic heterocycles. The molecule has 0 fully saturated rings. The Morgan fingerprint density at radius 2 is 1.60 bits per heavy atom. The number of nitrogens with one attached hydrogen (secondary N) is 2. The number of rotatable bonds is 15. The van der Waals surface area contributed by atoms with Crippen LogP contribution in [0.25, 0.3) is 0 Å². The molecule has 0 heterocycles. The number of carbonyl (C=O) groups excluding carboxylic acids is 4. The number of nitrogens with two attached hydrogens (primary N) is 1. The Labute approximate surface area is 206 Å². The summed E-state index contributed by atoms with van der Waals surface area (Å²) in [5.74, 6) is -2.17. The van der Waals surface area contributed by atoms with E-state index >= 15 is 0 Å². The first-order chi connectivity index (χ1) is 16.5. The van der Waals surface area contributed by atoms with Gasteiger partial charge in [0.15, 0.2) is 0 Å². The summed E-state index contributed by atoms with van der Waals surface area (Å²) in [5, 5.41) is 25.9. The van der Waals surface area contributed by atoms with Crippen LogP contribution in [-0.2, 0) is 9.53 Å². The third-order valence-electron chi connectivity index (χ3n) is 5.30. The Hall–Kier alpha value is -3.02. The molecule has 11 nitrogen and oxygen atoms in total. The van der Waals surface area contributed by atoms with Crippen molar-refractivity contribution in [2.24, 2.45) is 5.73 Å². The van der Waals surface area contributed by atoms with E-state index in [-0.39, 0.29) is 48.1 Å². The third kappa shape index (κ3) is 9.63. The number of primary amides is 1. The Balaban J connectivity index is 3.04. The minimum absolute atomic E-state index is 0.000169. The zero-order chi connectivity index (χ0) is 26.5. The molecular formula is C24H38N4O7. The fourth-order valence-corrected chi connectivity index (χ4v) is 3.58. The molecule has 4 amide bonds. The molecule has 0 saturated carbocycles. The van der Waals surface area contributed by atoms with E-state index in [1.807, 2.05) is 13.8 Å². The van der Waals surface area contributed by atoms with E-state index in [2.05, 4.69) is 10.6 Å². The number of amides is 4. The van der Waals surface area contributed by atoms with Gasteiger partial charge < -0.3 is 36.2 Å². The van der Waals surface area contributed by atoms with Crippen LogP contribution in [0.15, 0.2) is 18.2 Å². The molecule has 0 bridgehead atoms. The van der Waals surface area contributed by atoms with Crippen molar-refractivity contribution in [3.05, 3.63) is 34.9 Å². The van der Waals surface area contributed by atoms with E-state index in [0.717, 1.165) is 12.8 Å². The molecule has 0 aliphatic heterocycles. The van der Waals surface area contributed by atoms with Gasteiger partial charge in [-0.15, -0.1) is 0 Å². The zero-order valence-electron chi connectivity index (χ0n) is 20.9. The molecule has 3 atom stereocenters. The molecule has 0 aliphatic carbocycles. The molecule has 0 radical (unpaired) electrons. The van der Waals surface area contributed by atoms with Gasteiger partial charge in [0.25, 0.3) is 11.8 Å². The van der Waals surface area contributed by atoms with Crippen molar-refractivity contribution in [1.82, 2.24) is 15.5 Å². The maximum atomic E-state index is 13.0. The summed E-state index contributed by atoms with van der Waals surface area (Å²) in [6, 6.07) is 3.20. The van der Waals surface area contributed by atoms with E-state index in [1.54, 1.807) is 4.90 Å². The second-order valence-electron chi connectivity index (χ2n) is 8.31.